The molecule has 9 nitrogen and oxygen atoms in total. The minimum atomic E-state index is -0.723. The lowest BCUT2D eigenvalue weighted by Crippen LogP contribution is -2.57. The molecule has 0 unspecified atom stereocenters. The molecule has 0 bridgehead atoms. The highest BCUT2D eigenvalue weighted by molar-refractivity contribution is 5.92. The number of carbonyl (C=O) groups excluding carboxylic acids is 4. The Morgan fingerprint density at radius 3 is 2.38 bits per heavy atom. The summed E-state index contributed by atoms with van der Waals surface area (Å²) >= 11 is 0. The third kappa shape index (κ3) is 10.8. The number of nitrogens with one attached hydrogen (secondary N) is 1. The van der Waals surface area contributed by atoms with Gasteiger partial charge in [-0.05, 0) is 61.5 Å². The lowest BCUT2D eigenvalue weighted by molar-refractivity contribution is -0.143. The first kappa shape index (κ1) is 33.0. The van der Waals surface area contributed by atoms with Gasteiger partial charge in [-0.25, -0.2) is 0 Å². The Labute approximate surface area is 239 Å². The third-order valence-electron chi connectivity index (χ3n) is 7.51. The van der Waals surface area contributed by atoms with Crippen molar-refractivity contribution in [1.29, 1.82) is 0 Å². The zero-order valence-corrected chi connectivity index (χ0v) is 24.8. The molecule has 1 saturated heterocycles. The molecule has 4 atom stereocenters. The molecule has 0 spiro atoms. The van der Waals surface area contributed by atoms with Gasteiger partial charge in [0.1, 0.15) is 12.1 Å². The summed E-state index contributed by atoms with van der Waals surface area (Å²) in [6, 6.07) is 6.79. The molecular weight excluding hydrogens is 508 g/mol. The first-order chi connectivity index (χ1) is 18.8. The largest absolute Gasteiger partial charge is 0.374 e. The maximum atomic E-state index is 13.2. The van der Waals surface area contributed by atoms with Gasteiger partial charge >= 0.3 is 0 Å². The Morgan fingerprint density at radius 2 is 1.77 bits per heavy atom. The molecule has 1 aromatic carbocycles. The molecule has 5 N–H and O–H groups in total. The van der Waals surface area contributed by atoms with Gasteiger partial charge in [-0.1, -0.05) is 64.1 Å². The van der Waals surface area contributed by atoms with E-state index in [0.717, 1.165) is 24.0 Å². The molecule has 1 fully saturated rings. The molecule has 0 saturated carbocycles. The van der Waals surface area contributed by atoms with Crippen LogP contribution in [0.2, 0.25) is 0 Å². The monoisotopic (exact) mass is 556 g/mol. The second kappa shape index (κ2) is 15.6. The molecule has 0 aliphatic carbocycles. The number of carbonyl (C=O) groups is 4. The number of rotatable bonds is 15. The van der Waals surface area contributed by atoms with Crippen molar-refractivity contribution >= 4 is 29.7 Å². The summed E-state index contributed by atoms with van der Waals surface area (Å²) in [5.74, 6) is -0.971. The van der Waals surface area contributed by atoms with Crippen LogP contribution in [0.4, 0.5) is 0 Å². The molecule has 1 aromatic rings. The molecule has 4 amide bonds. The molecule has 222 valence electrons. The summed E-state index contributed by atoms with van der Waals surface area (Å²) < 4.78 is 5.95. The van der Waals surface area contributed by atoms with Gasteiger partial charge in [-0.15, -0.1) is 0 Å². The first-order valence-electron chi connectivity index (χ1n) is 14.3. The number of ether oxygens (including phenoxy) is 1. The highest BCUT2D eigenvalue weighted by atomic mass is 16.5. The highest BCUT2D eigenvalue weighted by Gasteiger charge is 2.41. The third-order valence-corrected chi connectivity index (χ3v) is 7.51. The Hall–Kier alpha value is -3.20. The normalized spacial score (nSPS) is 17.9. The SMILES string of the molecule is C[C@@H](CCC(N)=O)[C@@H](C)OCc1ccc(/C=C/CCCC(=O)N[C@H](C(=O)N2CCC[C@H]2C(N)=O)C(C)(C)C)cc1. The van der Waals surface area contributed by atoms with Gasteiger partial charge in [0.15, 0.2) is 0 Å². The van der Waals surface area contributed by atoms with Gasteiger partial charge in [-0.3, -0.25) is 19.2 Å². The first-order valence-corrected chi connectivity index (χ1v) is 14.3. The number of hydrogen-bond donors (Lipinski definition) is 3. The van der Waals surface area contributed by atoms with Crippen molar-refractivity contribution in [3.63, 3.8) is 0 Å². The lowest BCUT2D eigenvalue weighted by atomic mass is 9.85. The number of amides is 4. The van der Waals surface area contributed by atoms with Crippen molar-refractivity contribution in [2.75, 3.05) is 6.54 Å². The topological polar surface area (TPSA) is 145 Å². The Kier molecular flexibility index (Phi) is 12.8. The number of primary amides is 2. The second-order valence-electron chi connectivity index (χ2n) is 12.0. The van der Waals surface area contributed by atoms with E-state index < -0.39 is 23.4 Å². The summed E-state index contributed by atoms with van der Waals surface area (Å²) in [6.07, 6.45) is 8.14. The summed E-state index contributed by atoms with van der Waals surface area (Å²) in [4.78, 5) is 50.2. The molecule has 40 heavy (non-hydrogen) atoms. The molecule has 2 rings (SSSR count). The predicted octanol–water partition coefficient (Wildman–Crippen LogP) is 3.68. The van der Waals surface area contributed by atoms with Crippen LogP contribution in [0.5, 0.6) is 0 Å². The summed E-state index contributed by atoms with van der Waals surface area (Å²) in [6.45, 7) is 10.8. The molecule has 1 aliphatic rings. The van der Waals surface area contributed by atoms with E-state index in [9.17, 15) is 19.2 Å². The number of likely N-dealkylation sites (tertiary alicyclic amines) is 1. The molecule has 1 aliphatic heterocycles. The fourth-order valence-corrected chi connectivity index (χ4v) is 4.70. The number of nitrogens with zero attached hydrogens (tertiary/aromatic N) is 1. The minimum absolute atomic E-state index is 0.0280. The van der Waals surface area contributed by atoms with Crippen LogP contribution < -0.4 is 16.8 Å². The molecular formula is C31H48N4O5. The highest BCUT2D eigenvalue weighted by Crippen LogP contribution is 2.26. The van der Waals surface area contributed by atoms with E-state index in [4.69, 9.17) is 16.2 Å². The summed E-state index contributed by atoms with van der Waals surface area (Å²) in [7, 11) is 0. The van der Waals surface area contributed by atoms with Gasteiger partial charge < -0.3 is 26.4 Å². The maximum Gasteiger partial charge on any atom is 0.246 e. The fraction of sp³-hybridized carbons (Fsp3) is 0.613. The smallest absolute Gasteiger partial charge is 0.246 e. The Balaban J connectivity index is 1.77. The van der Waals surface area contributed by atoms with Gasteiger partial charge in [0.25, 0.3) is 0 Å². The van der Waals surface area contributed by atoms with Crippen LogP contribution >= 0.6 is 0 Å². The minimum Gasteiger partial charge on any atom is -0.374 e. The van der Waals surface area contributed by atoms with Crippen LogP contribution in [0.1, 0.15) is 90.7 Å². The zero-order valence-electron chi connectivity index (χ0n) is 24.8. The van der Waals surface area contributed by atoms with Crippen LogP contribution in [-0.4, -0.2) is 53.3 Å². The van der Waals surface area contributed by atoms with E-state index in [1.807, 2.05) is 64.1 Å². The van der Waals surface area contributed by atoms with Crippen LogP contribution in [0.15, 0.2) is 30.3 Å². The van der Waals surface area contributed by atoms with E-state index in [-0.39, 0.29) is 29.7 Å². The average molecular weight is 557 g/mol. The zero-order chi connectivity index (χ0) is 29.9. The van der Waals surface area contributed by atoms with E-state index in [0.29, 0.717) is 45.3 Å². The predicted molar refractivity (Wildman–Crippen MR) is 156 cm³/mol. The van der Waals surface area contributed by atoms with Crippen molar-refractivity contribution in [2.24, 2.45) is 22.8 Å². The van der Waals surface area contributed by atoms with Crippen molar-refractivity contribution in [3.8, 4) is 0 Å². The van der Waals surface area contributed by atoms with Crippen molar-refractivity contribution in [1.82, 2.24) is 10.2 Å². The number of allylic oxidation sites excluding steroid dienone is 1. The van der Waals surface area contributed by atoms with Crippen LogP contribution in [-0.2, 0) is 30.5 Å². The van der Waals surface area contributed by atoms with E-state index in [1.165, 1.54) is 4.90 Å². The second-order valence-corrected chi connectivity index (χ2v) is 12.0. The van der Waals surface area contributed by atoms with Crippen molar-refractivity contribution in [2.45, 2.75) is 104 Å². The number of nitrogens with two attached hydrogens (primary N) is 2. The summed E-state index contributed by atoms with van der Waals surface area (Å²) in [5, 5.41) is 2.91. The quantitative estimate of drug-likeness (QED) is 0.282. The fourth-order valence-electron chi connectivity index (χ4n) is 4.70. The molecule has 1 heterocycles. The lowest BCUT2D eigenvalue weighted by Gasteiger charge is -2.35. The van der Waals surface area contributed by atoms with Crippen molar-refractivity contribution in [3.05, 3.63) is 41.5 Å². The van der Waals surface area contributed by atoms with Gasteiger partial charge in [-0.2, -0.15) is 0 Å². The van der Waals surface area contributed by atoms with Crippen LogP contribution in [0, 0.1) is 11.3 Å². The van der Waals surface area contributed by atoms with E-state index in [2.05, 4.69) is 12.2 Å². The number of benzene rings is 1. The maximum absolute atomic E-state index is 13.2. The van der Waals surface area contributed by atoms with Gasteiger partial charge in [0.2, 0.25) is 23.6 Å². The van der Waals surface area contributed by atoms with Gasteiger partial charge in [0.05, 0.1) is 12.7 Å². The van der Waals surface area contributed by atoms with E-state index in [1.54, 1.807) is 0 Å². The van der Waals surface area contributed by atoms with Gasteiger partial charge in [0, 0.05) is 19.4 Å². The standard InChI is InChI=1S/C31H48N4O5/c1-21(13-18-26(32)36)22(2)40-20-24-16-14-23(15-17-24)10-7-6-8-12-27(37)34-28(31(3,4)5)30(39)35-19-9-11-25(35)29(33)38/h7,10,14-17,21-22,25,28H,6,8-9,11-13,18-20H2,1-5H3,(H2,32,36)(H2,33,38)(H,34,37)/b10-7+/t21-,22+,25-,28+/m0/s1. The molecule has 0 aromatic heterocycles. The Morgan fingerprint density at radius 1 is 1.10 bits per heavy atom. The van der Waals surface area contributed by atoms with Crippen LogP contribution in [0.25, 0.3) is 6.08 Å². The van der Waals surface area contributed by atoms with Crippen molar-refractivity contribution < 1.29 is 23.9 Å². The molecule has 0 radical (unpaired) electrons. The van der Waals surface area contributed by atoms with Crippen LogP contribution in [0.3, 0.4) is 0 Å². The Bertz CT molecular complexity index is 1030. The number of unbranched alkanes of at least 4 members (excludes halogenated alkanes) is 1. The van der Waals surface area contributed by atoms with E-state index >= 15 is 0 Å². The average Bonchev–Trinajstić information content (AvgIpc) is 3.39. The number of hydrogen-bond acceptors (Lipinski definition) is 5. The summed E-state index contributed by atoms with van der Waals surface area (Å²) in [5.41, 5.74) is 12.3. The molecule has 9 heteroatoms.